The number of hydrogen-bond acceptors (Lipinski definition) is 8. The molecule has 0 amide bonds. The Balaban J connectivity index is 0.000000380. The van der Waals surface area contributed by atoms with Crippen LogP contribution in [0.25, 0.3) is 0 Å². The summed E-state index contributed by atoms with van der Waals surface area (Å²) in [6.07, 6.45) is 0. The number of carbonyl (C=O) groups is 2. The SMILES string of the molecule is CC(C)C(=O)[C@H](C)NN[P@@](C)(=O)Oc1ccccc1.CC(C)C(=O)[C@H](C)NN[P@](C)(=O)Oc1ccccc1. The molecule has 2 aromatic carbocycles. The lowest BCUT2D eigenvalue weighted by molar-refractivity contribution is -0.124. The minimum Gasteiger partial charge on any atom is -0.432 e. The van der Waals surface area contributed by atoms with Crippen molar-refractivity contribution in [2.24, 2.45) is 11.8 Å². The van der Waals surface area contributed by atoms with Crippen molar-refractivity contribution in [2.75, 3.05) is 13.3 Å². The molecule has 0 aliphatic carbocycles. The highest BCUT2D eigenvalue weighted by Gasteiger charge is 2.23. The molecule has 0 radical (unpaired) electrons. The van der Waals surface area contributed by atoms with Gasteiger partial charge in [-0.15, -0.1) is 0 Å². The maximum atomic E-state index is 12.2. The Bertz CT molecular complexity index is 1010. The van der Waals surface area contributed by atoms with Crippen molar-refractivity contribution in [3.05, 3.63) is 60.7 Å². The van der Waals surface area contributed by atoms with E-state index >= 15 is 0 Å². The summed E-state index contributed by atoms with van der Waals surface area (Å²) in [7, 11) is -6.10. The van der Waals surface area contributed by atoms with E-state index in [9.17, 15) is 18.7 Å². The minimum atomic E-state index is -3.05. The maximum absolute atomic E-state index is 12.2. The van der Waals surface area contributed by atoms with E-state index in [4.69, 9.17) is 9.05 Å². The summed E-state index contributed by atoms with van der Waals surface area (Å²) in [5.41, 5.74) is 5.47. The third kappa shape index (κ3) is 13.5. The highest BCUT2D eigenvalue weighted by molar-refractivity contribution is 7.56. The standard InChI is InChI=1S/2C13H21N2O3P/c2*1-10(2)13(16)11(3)14-15-19(4,17)18-12-8-6-5-7-9-12/h2*5-11,14H,1-4H3,(H,15,17)/t11-,19+;11-,19-/m00/s1. The van der Waals surface area contributed by atoms with Crippen LogP contribution in [-0.4, -0.2) is 37.0 Å². The highest BCUT2D eigenvalue weighted by Crippen LogP contribution is 2.38. The van der Waals surface area contributed by atoms with Gasteiger partial charge in [0, 0.05) is 25.2 Å². The van der Waals surface area contributed by atoms with Crippen LogP contribution in [0.4, 0.5) is 0 Å². The summed E-state index contributed by atoms with van der Waals surface area (Å²) in [6.45, 7) is 13.7. The lowest BCUT2D eigenvalue weighted by Gasteiger charge is -2.20. The zero-order chi connectivity index (χ0) is 28.9. The van der Waals surface area contributed by atoms with Crippen LogP contribution in [0.15, 0.2) is 60.7 Å². The van der Waals surface area contributed by atoms with Crippen molar-refractivity contribution in [3.63, 3.8) is 0 Å². The predicted molar refractivity (Wildman–Crippen MR) is 152 cm³/mol. The van der Waals surface area contributed by atoms with E-state index in [-0.39, 0.29) is 23.4 Å². The molecule has 0 aromatic heterocycles. The number of carbonyl (C=O) groups excluding carboxylic acids is 2. The molecule has 10 nitrogen and oxygen atoms in total. The second-order valence-corrected chi connectivity index (χ2v) is 13.8. The molecular weight excluding hydrogens is 526 g/mol. The Kier molecular flexibility index (Phi) is 14.1. The van der Waals surface area contributed by atoms with Gasteiger partial charge in [0.2, 0.25) is 0 Å². The second kappa shape index (κ2) is 15.9. The zero-order valence-electron chi connectivity index (χ0n) is 23.4. The number of hydrazine groups is 2. The van der Waals surface area contributed by atoms with Gasteiger partial charge in [0.25, 0.3) is 0 Å². The Morgan fingerprint density at radius 3 is 1.16 bits per heavy atom. The molecule has 38 heavy (non-hydrogen) atoms. The van der Waals surface area contributed by atoms with Gasteiger partial charge in [-0.3, -0.25) is 18.7 Å². The summed E-state index contributed by atoms with van der Waals surface area (Å²) in [5.74, 6) is 0.988. The second-order valence-electron chi connectivity index (χ2n) is 9.57. The molecule has 2 aromatic rings. The molecule has 12 heteroatoms. The fourth-order valence-corrected chi connectivity index (χ4v) is 4.98. The van der Waals surface area contributed by atoms with Crippen LogP contribution >= 0.6 is 15.0 Å². The van der Waals surface area contributed by atoms with E-state index in [1.165, 1.54) is 13.3 Å². The number of hydrogen-bond donors (Lipinski definition) is 4. The lowest BCUT2D eigenvalue weighted by atomic mass is 10.0. The Labute approximate surface area is 226 Å². The Morgan fingerprint density at radius 2 is 0.895 bits per heavy atom. The summed E-state index contributed by atoms with van der Waals surface area (Å²) in [4.78, 5) is 23.4. The van der Waals surface area contributed by atoms with Crippen molar-refractivity contribution >= 4 is 26.6 Å². The summed E-state index contributed by atoms with van der Waals surface area (Å²) < 4.78 is 35.1. The smallest absolute Gasteiger partial charge is 0.326 e. The van der Waals surface area contributed by atoms with Crippen molar-refractivity contribution in [3.8, 4) is 11.5 Å². The Hall–Kier alpha value is -2.32. The van der Waals surface area contributed by atoms with Gasteiger partial charge in [-0.1, -0.05) is 64.1 Å². The van der Waals surface area contributed by atoms with Crippen LogP contribution in [0.2, 0.25) is 0 Å². The number of benzene rings is 2. The monoisotopic (exact) mass is 568 g/mol. The van der Waals surface area contributed by atoms with E-state index < -0.39 is 27.1 Å². The first-order valence-corrected chi connectivity index (χ1v) is 16.5. The van der Waals surface area contributed by atoms with Gasteiger partial charge in [-0.25, -0.2) is 10.9 Å². The van der Waals surface area contributed by atoms with Crippen LogP contribution in [0.3, 0.4) is 0 Å². The van der Waals surface area contributed by atoms with Crippen LogP contribution < -0.4 is 30.3 Å². The molecule has 2 rings (SSSR count). The average molecular weight is 569 g/mol. The summed E-state index contributed by atoms with van der Waals surface area (Å²) in [6, 6.07) is 16.9. The fourth-order valence-electron chi connectivity index (χ4n) is 2.98. The first-order chi connectivity index (χ1) is 17.6. The van der Waals surface area contributed by atoms with E-state index in [1.54, 1.807) is 62.4 Å². The molecule has 0 saturated carbocycles. The topological polar surface area (TPSA) is 135 Å². The number of nitrogens with one attached hydrogen (secondary N) is 4. The molecular formula is C26H42N4O6P2. The van der Waals surface area contributed by atoms with Gasteiger partial charge in [0.1, 0.15) is 11.5 Å². The molecule has 4 atom stereocenters. The molecule has 4 N–H and O–H groups in total. The molecule has 0 unspecified atom stereocenters. The van der Waals surface area contributed by atoms with E-state index in [1.807, 2.05) is 39.8 Å². The predicted octanol–water partition coefficient (Wildman–Crippen LogP) is 5.19. The molecule has 212 valence electrons. The van der Waals surface area contributed by atoms with E-state index in [0.717, 1.165) is 0 Å². The molecule has 0 aliphatic rings. The summed E-state index contributed by atoms with van der Waals surface area (Å²) >= 11 is 0. The van der Waals surface area contributed by atoms with Gasteiger partial charge in [0.05, 0.1) is 12.1 Å². The normalized spacial score (nSPS) is 15.8. The average Bonchev–Trinajstić information content (AvgIpc) is 2.86. The van der Waals surface area contributed by atoms with E-state index in [2.05, 4.69) is 21.2 Å². The van der Waals surface area contributed by atoms with Crippen LogP contribution in [-0.2, 0) is 18.7 Å². The molecule has 0 bridgehead atoms. The number of para-hydroxylation sites is 2. The van der Waals surface area contributed by atoms with Crippen molar-refractivity contribution in [1.82, 2.24) is 21.2 Å². The van der Waals surface area contributed by atoms with Gasteiger partial charge in [0.15, 0.2) is 11.6 Å². The molecule has 0 aliphatic heterocycles. The fraction of sp³-hybridized carbons (Fsp3) is 0.462. The molecule has 0 fully saturated rings. The summed E-state index contributed by atoms with van der Waals surface area (Å²) in [5, 5.41) is 5.21. The minimum absolute atomic E-state index is 0.0483. The van der Waals surface area contributed by atoms with Crippen LogP contribution in [0.5, 0.6) is 11.5 Å². The van der Waals surface area contributed by atoms with Gasteiger partial charge in [-0.05, 0) is 38.1 Å². The maximum Gasteiger partial charge on any atom is 0.326 e. The number of ketones is 2. The Morgan fingerprint density at radius 1 is 0.605 bits per heavy atom. The third-order valence-corrected chi connectivity index (χ3v) is 7.19. The van der Waals surface area contributed by atoms with Gasteiger partial charge < -0.3 is 9.05 Å². The zero-order valence-corrected chi connectivity index (χ0v) is 25.2. The first kappa shape index (κ1) is 33.7. The number of rotatable bonds is 14. The van der Waals surface area contributed by atoms with Gasteiger partial charge >= 0.3 is 15.0 Å². The molecule has 0 saturated heterocycles. The highest BCUT2D eigenvalue weighted by atomic mass is 31.2. The largest absolute Gasteiger partial charge is 0.432 e. The lowest BCUT2D eigenvalue weighted by Crippen LogP contribution is -2.44. The van der Waals surface area contributed by atoms with Crippen LogP contribution in [0.1, 0.15) is 41.5 Å². The van der Waals surface area contributed by atoms with E-state index in [0.29, 0.717) is 11.5 Å². The molecule has 0 spiro atoms. The number of Topliss-reactive ketones (excluding diaryl/α,β-unsaturated/α-hetero) is 2. The first-order valence-electron chi connectivity index (χ1n) is 12.4. The van der Waals surface area contributed by atoms with Crippen molar-refractivity contribution in [1.29, 1.82) is 0 Å². The van der Waals surface area contributed by atoms with Crippen molar-refractivity contribution in [2.45, 2.75) is 53.6 Å². The van der Waals surface area contributed by atoms with Crippen molar-refractivity contribution < 1.29 is 27.8 Å². The van der Waals surface area contributed by atoms with Crippen LogP contribution in [0, 0.1) is 11.8 Å². The molecule has 0 heterocycles. The van der Waals surface area contributed by atoms with Gasteiger partial charge in [-0.2, -0.15) is 10.4 Å². The quantitative estimate of drug-likeness (QED) is 0.178. The third-order valence-electron chi connectivity index (χ3n) is 5.01.